The minimum Gasteiger partial charge on any atom is -0.351 e. The molecule has 2 N–H and O–H groups in total. The zero-order chi connectivity index (χ0) is 24.8. The number of hydrogen-bond acceptors (Lipinski definition) is 6. The van der Waals surface area contributed by atoms with E-state index in [0.717, 1.165) is 44.2 Å². The number of carbonyl (C=O) groups is 3. The summed E-state index contributed by atoms with van der Waals surface area (Å²) in [5.74, 6) is -0.655. The normalized spacial score (nSPS) is 21.5. The van der Waals surface area contributed by atoms with Gasteiger partial charge in [-0.15, -0.1) is 0 Å². The first-order chi connectivity index (χ1) is 16.8. The van der Waals surface area contributed by atoms with Crippen molar-refractivity contribution in [2.75, 3.05) is 38.0 Å². The van der Waals surface area contributed by atoms with Crippen LogP contribution in [0.4, 0.5) is 5.69 Å². The van der Waals surface area contributed by atoms with E-state index in [1.54, 1.807) is 24.3 Å². The summed E-state index contributed by atoms with van der Waals surface area (Å²) < 4.78 is 0. The lowest BCUT2D eigenvalue weighted by Gasteiger charge is -2.41. The third-order valence-corrected chi connectivity index (χ3v) is 8.24. The number of carbonyl (C=O) groups excluding carboxylic acids is 3. The van der Waals surface area contributed by atoms with Crippen molar-refractivity contribution in [3.8, 4) is 0 Å². The van der Waals surface area contributed by atoms with Crippen molar-refractivity contribution in [3.63, 3.8) is 0 Å². The van der Waals surface area contributed by atoms with Gasteiger partial charge >= 0.3 is 0 Å². The van der Waals surface area contributed by atoms with Crippen LogP contribution in [0.1, 0.15) is 69.2 Å². The average molecular weight is 500 g/mol. The van der Waals surface area contributed by atoms with Crippen LogP contribution in [0.2, 0.25) is 0 Å². The molecule has 0 bridgehead atoms. The van der Waals surface area contributed by atoms with E-state index in [1.807, 2.05) is 0 Å². The molecule has 0 spiro atoms. The van der Waals surface area contributed by atoms with Gasteiger partial charge in [0.05, 0.1) is 0 Å². The molecule has 0 saturated carbocycles. The molecule has 3 amide bonds. The van der Waals surface area contributed by atoms with E-state index in [9.17, 15) is 14.4 Å². The van der Waals surface area contributed by atoms with Gasteiger partial charge in [0, 0.05) is 42.8 Å². The van der Waals surface area contributed by atoms with E-state index < -0.39 is 5.25 Å². The maximum Gasteiger partial charge on any atom is 0.262 e. The van der Waals surface area contributed by atoms with Gasteiger partial charge < -0.3 is 15.5 Å². The van der Waals surface area contributed by atoms with Gasteiger partial charge in [-0.1, -0.05) is 24.2 Å². The number of piperidine rings is 2. The van der Waals surface area contributed by atoms with Gasteiger partial charge in [0.25, 0.3) is 11.8 Å². The number of rotatable bonds is 7. The molecule has 1 aromatic rings. The van der Waals surface area contributed by atoms with Gasteiger partial charge in [-0.05, 0) is 77.2 Å². The highest BCUT2D eigenvalue weighted by atomic mass is 32.2. The topological polar surface area (TPSA) is 94.1 Å². The predicted molar refractivity (Wildman–Crippen MR) is 141 cm³/mol. The largest absolute Gasteiger partial charge is 0.351 e. The molecule has 190 valence electrons. The fourth-order valence-corrected chi connectivity index (χ4v) is 5.97. The van der Waals surface area contributed by atoms with E-state index in [1.165, 1.54) is 37.4 Å². The molecule has 0 aromatic heterocycles. The van der Waals surface area contributed by atoms with Crippen LogP contribution in [-0.4, -0.2) is 76.2 Å². The molecular weight excluding hydrogens is 462 g/mol. The van der Waals surface area contributed by atoms with Crippen molar-refractivity contribution < 1.29 is 14.4 Å². The first-order valence-corrected chi connectivity index (χ1v) is 13.7. The second kappa shape index (κ2) is 11.6. The summed E-state index contributed by atoms with van der Waals surface area (Å²) in [5, 5.41) is 6.16. The Morgan fingerprint density at radius 2 is 1.74 bits per heavy atom. The standard InChI is InChI=1S/C26H37N5O3S/c1-26(2,31-14-7-4-8-15-31)18-27-23(33)19-10-9-11-20(16-19)28-22(32)17-21-24(34)29-25(35-21)30-12-5-3-6-13-30/h9-11,16,21H,3-8,12-15,17-18H2,1-2H3,(H,27,33)(H,28,32)/t21-/m1/s1. The van der Waals surface area contributed by atoms with Crippen LogP contribution in [0, 0.1) is 0 Å². The SMILES string of the molecule is CC(C)(CNC(=O)c1cccc(NC(=O)C[C@H]2SC(N3CCCCC3)=NC2=O)c1)N1CCCCC1. The molecule has 3 aliphatic rings. The maximum absolute atomic E-state index is 12.8. The van der Waals surface area contributed by atoms with Crippen LogP contribution in [0.3, 0.4) is 0 Å². The first kappa shape index (κ1) is 25.7. The molecule has 0 aliphatic carbocycles. The van der Waals surface area contributed by atoms with Crippen molar-refractivity contribution in [3.05, 3.63) is 29.8 Å². The van der Waals surface area contributed by atoms with Gasteiger partial charge in [0.1, 0.15) is 5.25 Å². The summed E-state index contributed by atoms with van der Waals surface area (Å²) >= 11 is 1.39. The van der Waals surface area contributed by atoms with Gasteiger partial charge in [0.2, 0.25) is 5.91 Å². The summed E-state index contributed by atoms with van der Waals surface area (Å²) in [5.41, 5.74) is 0.938. The lowest BCUT2D eigenvalue weighted by Crippen LogP contribution is -2.53. The van der Waals surface area contributed by atoms with E-state index in [-0.39, 0.29) is 29.7 Å². The van der Waals surface area contributed by atoms with Crippen LogP contribution in [0.15, 0.2) is 29.3 Å². The smallest absolute Gasteiger partial charge is 0.262 e. The fraction of sp³-hybridized carbons (Fsp3) is 0.615. The number of anilines is 1. The molecular formula is C26H37N5O3S. The Bertz CT molecular complexity index is 967. The molecule has 2 saturated heterocycles. The molecule has 0 unspecified atom stereocenters. The number of amidine groups is 1. The molecule has 35 heavy (non-hydrogen) atoms. The van der Waals surface area contributed by atoms with E-state index >= 15 is 0 Å². The summed E-state index contributed by atoms with van der Waals surface area (Å²) in [4.78, 5) is 46.6. The molecule has 8 nitrogen and oxygen atoms in total. The summed E-state index contributed by atoms with van der Waals surface area (Å²) in [6.45, 7) is 8.86. The van der Waals surface area contributed by atoms with E-state index in [4.69, 9.17) is 0 Å². The summed E-state index contributed by atoms with van der Waals surface area (Å²) in [6, 6.07) is 6.94. The summed E-state index contributed by atoms with van der Waals surface area (Å²) in [6.07, 6.45) is 7.17. The second-order valence-electron chi connectivity index (χ2n) is 10.3. The second-order valence-corrected chi connectivity index (χ2v) is 11.4. The third kappa shape index (κ3) is 6.85. The minimum absolute atomic E-state index is 0.0603. The number of thioether (sulfide) groups is 1. The molecule has 3 heterocycles. The number of nitrogens with one attached hydrogen (secondary N) is 2. The molecule has 9 heteroatoms. The highest BCUT2D eigenvalue weighted by Gasteiger charge is 2.33. The highest BCUT2D eigenvalue weighted by Crippen LogP contribution is 2.29. The molecule has 0 radical (unpaired) electrons. The number of aliphatic imine (C=N–C) groups is 1. The van der Waals surface area contributed by atoms with Crippen molar-refractivity contribution in [1.29, 1.82) is 0 Å². The van der Waals surface area contributed by atoms with Crippen molar-refractivity contribution in [1.82, 2.24) is 15.1 Å². The van der Waals surface area contributed by atoms with Crippen LogP contribution in [0.25, 0.3) is 0 Å². The number of hydrogen-bond donors (Lipinski definition) is 2. The van der Waals surface area contributed by atoms with Crippen molar-refractivity contribution >= 4 is 40.3 Å². The fourth-order valence-electron chi connectivity index (χ4n) is 4.86. The lowest BCUT2D eigenvalue weighted by molar-refractivity contribution is -0.121. The van der Waals surface area contributed by atoms with Gasteiger partial charge in [0.15, 0.2) is 5.17 Å². The van der Waals surface area contributed by atoms with Crippen LogP contribution >= 0.6 is 11.8 Å². The Morgan fingerprint density at radius 3 is 2.46 bits per heavy atom. The predicted octanol–water partition coefficient (Wildman–Crippen LogP) is 3.49. The monoisotopic (exact) mass is 499 g/mol. The Balaban J connectivity index is 1.27. The van der Waals surface area contributed by atoms with Gasteiger partial charge in [-0.25, -0.2) is 0 Å². The van der Waals surface area contributed by atoms with Crippen LogP contribution in [-0.2, 0) is 9.59 Å². The zero-order valence-corrected chi connectivity index (χ0v) is 21.7. The van der Waals surface area contributed by atoms with Gasteiger partial charge in [-0.2, -0.15) is 4.99 Å². The number of likely N-dealkylation sites (tertiary alicyclic amines) is 2. The molecule has 1 aromatic carbocycles. The molecule has 3 aliphatic heterocycles. The Morgan fingerprint density at radius 1 is 1.06 bits per heavy atom. The van der Waals surface area contributed by atoms with E-state index in [0.29, 0.717) is 17.8 Å². The van der Waals surface area contributed by atoms with Crippen LogP contribution < -0.4 is 10.6 Å². The molecule has 2 fully saturated rings. The van der Waals surface area contributed by atoms with Gasteiger partial charge in [-0.3, -0.25) is 19.3 Å². The van der Waals surface area contributed by atoms with Crippen molar-refractivity contribution in [2.24, 2.45) is 4.99 Å². The summed E-state index contributed by atoms with van der Waals surface area (Å²) in [7, 11) is 0. The number of nitrogens with zero attached hydrogens (tertiary/aromatic N) is 3. The zero-order valence-electron chi connectivity index (χ0n) is 20.8. The average Bonchev–Trinajstić information content (AvgIpc) is 3.23. The Kier molecular flexibility index (Phi) is 8.49. The number of benzene rings is 1. The Labute approximate surface area is 212 Å². The maximum atomic E-state index is 12.8. The lowest BCUT2D eigenvalue weighted by atomic mass is 9.98. The van der Waals surface area contributed by atoms with Crippen LogP contribution in [0.5, 0.6) is 0 Å². The number of amides is 3. The third-order valence-electron chi connectivity index (χ3n) is 7.03. The van der Waals surface area contributed by atoms with E-state index in [2.05, 4.69) is 39.3 Å². The Hall–Kier alpha value is -2.39. The highest BCUT2D eigenvalue weighted by molar-refractivity contribution is 8.15. The van der Waals surface area contributed by atoms with Crippen molar-refractivity contribution in [2.45, 2.75) is 69.6 Å². The minimum atomic E-state index is -0.490. The molecule has 4 rings (SSSR count). The molecule has 1 atom stereocenters. The first-order valence-electron chi connectivity index (χ1n) is 12.8. The quantitative estimate of drug-likeness (QED) is 0.597.